The summed E-state index contributed by atoms with van der Waals surface area (Å²) in [6, 6.07) is 0. The first kappa shape index (κ1) is 20.4. The molecule has 0 aliphatic heterocycles. The molecule has 4 aliphatic rings. The van der Waals surface area contributed by atoms with Crippen LogP contribution in [-0.4, -0.2) is 50.9 Å². The van der Waals surface area contributed by atoms with E-state index in [1.807, 2.05) is 6.92 Å². The number of Topliss-reactive ketones (excluding diaryl/α,β-unsaturated/α-hetero) is 2. The zero-order valence-electron chi connectivity index (χ0n) is 17.1. The average molecular weight is 396 g/mol. The minimum Gasteiger partial charge on any atom is -0.390 e. The molecule has 0 aromatic carbocycles. The fraction of sp³-hybridized carbons (Fsp3) is 0.909. The third-order valence-electron chi connectivity index (χ3n) is 9.71. The second kappa shape index (κ2) is 6.08. The topological polar surface area (TPSA) is 94.8 Å². The summed E-state index contributed by atoms with van der Waals surface area (Å²) >= 11 is 0. The van der Waals surface area contributed by atoms with Crippen LogP contribution in [0.25, 0.3) is 0 Å². The van der Waals surface area contributed by atoms with E-state index in [0.29, 0.717) is 32.1 Å². The third-order valence-corrected chi connectivity index (χ3v) is 9.71. The number of aliphatic hydroxyl groups excluding tert-OH is 2. The van der Waals surface area contributed by atoms with Gasteiger partial charge in [-0.3, -0.25) is 9.59 Å². The quantitative estimate of drug-likeness (QED) is 0.665. The van der Waals surface area contributed by atoms with Crippen molar-refractivity contribution in [2.24, 2.45) is 34.5 Å². The highest BCUT2D eigenvalue weighted by Gasteiger charge is 2.76. The van der Waals surface area contributed by atoms with Gasteiger partial charge in [-0.1, -0.05) is 20.8 Å². The van der Waals surface area contributed by atoms with Crippen molar-refractivity contribution in [2.45, 2.75) is 83.1 Å². The predicted octanol–water partition coefficient (Wildman–Crippen LogP) is 2.20. The largest absolute Gasteiger partial charge is 0.390 e. The molecule has 0 heterocycles. The fourth-order valence-electron chi connectivity index (χ4n) is 8.10. The number of halogens is 1. The molecule has 158 valence electrons. The summed E-state index contributed by atoms with van der Waals surface area (Å²) in [5.41, 5.74) is -5.32. The van der Waals surface area contributed by atoms with Crippen LogP contribution >= 0.6 is 0 Å². The van der Waals surface area contributed by atoms with Gasteiger partial charge in [0.25, 0.3) is 0 Å². The Morgan fingerprint density at radius 2 is 1.89 bits per heavy atom. The zero-order valence-corrected chi connectivity index (χ0v) is 17.1. The van der Waals surface area contributed by atoms with Gasteiger partial charge in [-0.25, -0.2) is 4.39 Å². The van der Waals surface area contributed by atoms with E-state index in [1.54, 1.807) is 13.8 Å². The van der Waals surface area contributed by atoms with Crippen LogP contribution < -0.4 is 0 Å². The molecule has 0 spiro atoms. The van der Waals surface area contributed by atoms with Crippen molar-refractivity contribution in [1.29, 1.82) is 0 Å². The zero-order chi connectivity index (χ0) is 20.7. The number of hydrogen-bond donors (Lipinski definition) is 3. The Balaban J connectivity index is 1.79. The molecule has 4 saturated carbocycles. The minimum absolute atomic E-state index is 0.00645. The van der Waals surface area contributed by atoms with E-state index in [2.05, 4.69) is 0 Å². The Morgan fingerprint density at radius 3 is 2.54 bits per heavy atom. The molecule has 3 N–H and O–H groups in total. The standard InChI is InChI=1S/C22H33FO5/c1-12-8-16-15-5-4-13-9-14(25)6-7-19(13,2)21(15,23)17(26)10-20(16,3)22(12,28)18(27)11-24/h12-13,15-17,24,26,28H,4-11H2,1-3H3/t12-,13+,15+,16+,17+,19+,20+,21+,22+/m1/s1. The summed E-state index contributed by atoms with van der Waals surface area (Å²) in [6.45, 7) is 4.71. The van der Waals surface area contributed by atoms with E-state index in [0.717, 1.165) is 6.42 Å². The van der Waals surface area contributed by atoms with Crippen LogP contribution in [-0.2, 0) is 9.59 Å². The van der Waals surface area contributed by atoms with Crippen LogP contribution in [0.1, 0.15) is 65.7 Å². The Morgan fingerprint density at radius 1 is 1.21 bits per heavy atom. The first-order chi connectivity index (χ1) is 13.0. The van der Waals surface area contributed by atoms with Crippen LogP contribution in [0.2, 0.25) is 0 Å². The Hall–Kier alpha value is -0.850. The molecule has 0 aromatic rings. The van der Waals surface area contributed by atoms with E-state index in [-0.39, 0.29) is 24.0 Å². The van der Waals surface area contributed by atoms with Crippen LogP contribution in [0.5, 0.6) is 0 Å². The van der Waals surface area contributed by atoms with Gasteiger partial charge in [0.05, 0.1) is 6.10 Å². The van der Waals surface area contributed by atoms with Crippen molar-refractivity contribution in [3.05, 3.63) is 0 Å². The second-order valence-electron chi connectivity index (χ2n) is 10.5. The average Bonchev–Trinajstić information content (AvgIpc) is 2.84. The van der Waals surface area contributed by atoms with Gasteiger partial charge in [0.2, 0.25) is 0 Å². The number of hydrogen-bond acceptors (Lipinski definition) is 5. The number of rotatable bonds is 2. The highest BCUT2D eigenvalue weighted by Crippen LogP contribution is 2.71. The fourth-order valence-corrected chi connectivity index (χ4v) is 8.10. The highest BCUT2D eigenvalue weighted by molar-refractivity contribution is 5.90. The van der Waals surface area contributed by atoms with Crippen molar-refractivity contribution in [3.63, 3.8) is 0 Å². The molecule has 4 rings (SSSR count). The van der Waals surface area contributed by atoms with Gasteiger partial charge in [-0.2, -0.15) is 0 Å². The van der Waals surface area contributed by atoms with Crippen molar-refractivity contribution in [3.8, 4) is 0 Å². The Labute approximate surface area is 165 Å². The normalized spacial score (nSPS) is 56.0. The molecule has 0 amide bonds. The van der Waals surface area contributed by atoms with Gasteiger partial charge in [0.15, 0.2) is 5.78 Å². The maximum absolute atomic E-state index is 17.0. The van der Waals surface area contributed by atoms with Gasteiger partial charge >= 0.3 is 0 Å². The third kappa shape index (κ3) is 2.12. The van der Waals surface area contributed by atoms with Crippen molar-refractivity contribution < 1.29 is 29.3 Å². The molecule has 0 unspecified atom stereocenters. The van der Waals surface area contributed by atoms with Crippen LogP contribution in [0.15, 0.2) is 0 Å². The molecule has 28 heavy (non-hydrogen) atoms. The van der Waals surface area contributed by atoms with Crippen LogP contribution in [0.4, 0.5) is 4.39 Å². The Bertz CT molecular complexity index is 711. The smallest absolute Gasteiger partial charge is 0.190 e. The highest BCUT2D eigenvalue weighted by atomic mass is 19.1. The summed E-state index contributed by atoms with van der Waals surface area (Å²) in [4.78, 5) is 24.6. The lowest BCUT2D eigenvalue weighted by Crippen LogP contribution is -2.71. The monoisotopic (exact) mass is 396 g/mol. The van der Waals surface area contributed by atoms with E-state index >= 15 is 4.39 Å². The molecular formula is C22H33FO5. The van der Waals surface area contributed by atoms with Gasteiger partial charge in [-0.15, -0.1) is 0 Å². The second-order valence-corrected chi connectivity index (χ2v) is 10.5. The predicted molar refractivity (Wildman–Crippen MR) is 100 cm³/mol. The van der Waals surface area contributed by atoms with Gasteiger partial charge < -0.3 is 15.3 Å². The SMILES string of the molecule is C[C@@H]1C[C@H]2[C@@H]3CC[C@H]4CC(=O)CC[C@]4(C)[C@@]3(F)[C@@H](O)C[C@]2(C)[C@@]1(O)C(=O)CO. The van der Waals surface area contributed by atoms with Crippen LogP contribution in [0, 0.1) is 34.5 Å². The van der Waals surface area contributed by atoms with Gasteiger partial charge in [-0.05, 0) is 55.8 Å². The number of aliphatic hydroxyl groups is 3. The summed E-state index contributed by atoms with van der Waals surface area (Å²) in [5, 5.41) is 32.1. The first-order valence-electron chi connectivity index (χ1n) is 10.7. The van der Waals surface area contributed by atoms with Gasteiger partial charge in [0, 0.05) is 23.7 Å². The molecule has 4 aliphatic carbocycles. The Kier molecular flexibility index (Phi) is 4.44. The van der Waals surface area contributed by atoms with Crippen molar-refractivity contribution >= 4 is 11.6 Å². The first-order valence-corrected chi connectivity index (χ1v) is 10.7. The van der Waals surface area contributed by atoms with Gasteiger partial charge in [0.1, 0.15) is 23.7 Å². The molecule has 4 fully saturated rings. The lowest BCUT2D eigenvalue weighted by Gasteiger charge is -2.65. The molecular weight excluding hydrogens is 363 g/mol. The number of alkyl halides is 1. The molecule has 5 nitrogen and oxygen atoms in total. The van der Waals surface area contributed by atoms with E-state index in [4.69, 9.17) is 0 Å². The maximum Gasteiger partial charge on any atom is 0.190 e. The summed E-state index contributed by atoms with van der Waals surface area (Å²) < 4.78 is 17.0. The van der Waals surface area contributed by atoms with E-state index < -0.39 is 52.4 Å². The summed E-state index contributed by atoms with van der Waals surface area (Å²) in [6.07, 6.45) is 1.66. The van der Waals surface area contributed by atoms with E-state index in [1.165, 1.54) is 0 Å². The summed E-state index contributed by atoms with van der Waals surface area (Å²) in [7, 11) is 0. The molecule has 0 bridgehead atoms. The summed E-state index contributed by atoms with van der Waals surface area (Å²) in [5.74, 6) is -1.63. The lowest BCUT2D eigenvalue weighted by atomic mass is 9.42. The molecule has 9 atom stereocenters. The van der Waals surface area contributed by atoms with Crippen molar-refractivity contribution in [2.75, 3.05) is 6.61 Å². The van der Waals surface area contributed by atoms with Crippen molar-refractivity contribution in [1.82, 2.24) is 0 Å². The molecule has 0 radical (unpaired) electrons. The number of carbonyl (C=O) groups excluding carboxylic acids is 2. The number of fused-ring (bicyclic) bond motifs is 5. The van der Waals surface area contributed by atoms with E-state index in [9.17, 15) is 24.9 Å². The molecule has 0 aromatic heterocycles. The number of ketones is 2. The lowest BCUT2D eigenvalue weighted by molar-refractivity contribution is -0.254. The molecule has 6 heteroatoms. The minimum atomic E-state index is -1.83. The maximum atomic E-state index is 17.0. The van der Waals surface area contributed by atoms with Crippen LogP contribution in [0.3, 0.4) is 0 Å². The number of carbonyl (C=O) groups is 2. The molecule has 0 saturated heterocycles.